The maximum absolute atomic E-state index is 12.4. The van der Waals surface area contributed by atoms with Crippen molar-refractivity contribution in [3.8, 4) is 17.2 Å². The number of hydrogen-bond acceptors (Lipinski definition) is 9. The highest BCUT2D eigenvalue weighted by Crippen LogP contribution is 2.39. The predicted molar refractivity (Wildman–Crippen MR) is 110 cm³/mol. The Morgan fingerprint density at radius 2 is 1.41 bits per heavy atom. The Labute approximate surface area is 181 Å². The number of aromatic carboxylic acids is 1. The number of nitrogens with two attached hydrogens (primary N) is 2. The first kappa shape index (κ1) is 24.3. The van der Waals surface area contributed by atoms with E-state index in [1.54, 1.807) is 0 Å². The van der Waals surface area contributed by atoms with Crippen molar-refractivity contribution in [3.63, 3.8) is 0 Å². The number of phenols is 3. The van der Waals surface area contributed by atoms with Crippen molar-refractivity contribution in [3.05, 3.63) is 52.1 Å². The number of carbonyl (C=O) groups is 4. The van der Waals surface area contributed by atoms with Crippen molar-refractivity contribution in [1.82, 2.24) is 0 Å². The third-order valence-corrected chi connectivity index (χ3v) is 4.70. The van der Waals surface area contributed by atoms with Crippen LogP contribution in [-0.2, 0) is 4.79 Å². The monoisotopic (exact) mass is 446 g/mol. The number of phenolic OH excluding ortho intramolecular Hbond substituents is 3. The number of fused-ring (bicyclic) bond motifs is 2. The summed E-state index contributed by atoms with van der Waals surface area (Å²) in [6, 6.07) is 3.02. The second-order valence-electron chi connectivity index (χ2n) is 7.00. The highest BCUT2D eigenvalue weighted by Gasteiger charge is 2.35. The van der Waals surface area contributed by atoms with E-state index in [1.807, 2.05) is 0 Å². The van der Waals surface area contributed by atoms with Crippen LogP contribution >= 0.6 is 0 Å². The maximum Gasteiger partial charge on any atom is 0.335 e. The molecule has 0 fully saturated rings. The van der Waals surface area contributed by atoms with Crippen molar-refractivity contribution >= 4 is 23.5 Å². The van der Waals surface area contributed by atoms with E-state index >= 15 is 0 Å². The number of carboxylic acid groups (broad SMARTS) is 2. The van der Waals surface area contributed by atoms with Gasteiger partial charge in [-0.15, -0.1) is 0 Å². The summed E-state index contributed by atoms with van der Waals surface area (Å²) in [5, 5.41) is 46.4. The number of aliphatic carboxylic acids is 1. The smallest absolute Gasteiger partial charge is 0.335 e. The summed E-state index contributed by atoms with van der Waals surface area (Å²) in [6.07, 6.45) is 2.16. The minimum absolute atomic E-state index is 0.253. The number of carbonyl (C=O) groups excluding carboxylic acids is 2. The number of unbranched alkanes of at least 4 members (excludes halogenated alkanes) is 1. The van der Waals surface area contributed by atoms with Crippen LogP contribution in [0.1, 0.15) is 61.5 Å². The zero-order valence-electron chi connectivity index (χ0n) is 16.7. The molecular formula is C21H22N2O9. The van der Waals surface area contributed by atoms with Crippen molar-refractivity contribution in [2.24, 2.45) is 11.5 Å². The Balaban J connectivity index is 0.000000309. The molecule has 0 spiro atoms. The highest BCUT2D eigenvalue weighted by atomic mass is 16.4. The topological polar surface area (TPSA) is 221 Å². The van der Waals surface area contributed by atoms with Gasteiger partial charge in [0.15, 0.2) is 5.78 Å². The molecule has 11 heteroatoms. The van der Waals surface area contributed by atoms with Crippen LogP contribution in [-0.4, -0.2) is 61.6 Å². The average molecular weight is 446 g/mol. The van der Waals surface area contributed by atoms with Crippen LogP contribution in [0.2, 0.25) is 0 Å². The van der Waals surface area contributed by atoms with Gasteiger partial charge in [-0.2, -0.15) is 0 Å². The van der Waals surface area contributed by atoms with Gasteiger partial charge in [0.05, 0.1) is 16.7 Å². The maximum atomic E-state index is 12.4. The number of ketones is 2. The second-order valence-corrected chi connectivity index (χ2v) is 7.00. The second kappa shape index (κ2) is 9.90. The summed E-state index contributed by atoms with van der Waals surface area (Å²) in [4.78, 5) is 45.9. The molecule has 3 rings (SSSR count). The molecule has 0 heterocycles. The molecular weight excluding hydrogens is 424 g/mol. The summed E-state index contributed by atoms with van der Waals surface area (Å²) in [6.45, 7) is 0.604. The zero-order chi connectivity index (χ0) is 24.2. The molecule has 0 bridgehead atoms. The summed E-state index contributed by atoms with van der Waals surface area (Å²) in [7, 11) is 0. The SMILES string of the molecule is NCCCC[C@H](N)C(=O)O.O=C(O)c1cc(O)c2c(c1)C(=O)c1cc(O)cc(O)c1C2=O. The lowest BCUT2D eigenvalue weighted by Crippen LogP contribution is -2.29. The number of benzene rings is 2. The van der Waals surface area contributed by atoms with E-state index in [0.29, 0.717) is 13.0 Å². The van der Waals surface area contributed by atoms with Gasteiger partial charge in [-0.3, -0.25) is 14.4 Å². The molecule has 2 aromatic rings. The lowest BCUT2D eigenvalue weighted by molar-refractivity contribution is -0.138. The molecule has 0 aromatic heterocycles. The minimum Gasteiger partial charge on any atom is -0.508 e. The first-order valence-corrected chi connectivity index (χ1v) is 9.43. The van der Waals surface area contributed by atoms with E-state index in [9.17, 15) is 34.5 Å². The summed E-state index contributed by atoms with van der Waals surface area (Å²) >= 11 is 0. The lowest BCUT2D eigenvalue weighted by Gasteiger charge is -2.19. The summed E-state index contributed by atoms with van der Waals surface area (Å²) in [5.41, 5.74) is 8.81. The molecule has 0 amide bonds. The van der Waals surface area contributed by atoms with E-state index in [0.717, 1.165) is 37.1 Å². The highest BCUT2D eigenvalue weighted by molar-refractivity contribution is 6.30. The normalized spacial score (nSPS) is 12.8. The first-order valence-electron chi connectivity index (χ1n) is 9.43. The molecule has 0 unspecified atom stereocenters. The van der Waals surface area contributed by atoms with Gasteiger partial charge in [0.2, 0.25) is 5.78 Å². The molecule has 0 saturated carbocycles. The first-order chi connectivity index (χ1) is 15.0. The Bertz CT molecular complexity index is 1100. The number of hydrogen-bond donors (Lipinski definition) is 7. The fraction of sp³-hybridized carbons (Fsp3) is 0.238. The average Bonchev–Trinajstić information content (AvgIpc) is 2.71. The van der Waals surface area contributed by atoms with Crippen LogP contribution in [0.3, 0.4) is 0 Å². The van der Waals surface area contributed by atoms with E-state index in [1.165, 1.54) is 0 Å². The van der Waals surface area contributed by atoms with Crippen LogP contribution in [0.5, 0.6) is 17.2 Å². The molecule has 1 atom stereocenters. The van der Waals surface area contributed by atoms with Crippen LogP contribution < -0.4 is 11.5 Å². The fourth-order valence-electron chi connectivity index (χ4n) is 3.10. The van der Waals surface area contributed by atoms with E-state index < -0.39 is 46.8 Å². The molecule has 0 saturated heterocycles. The molecule has 1 aliphatic carbocycles. The third kappa shape index (κ3) is 5.02. The lowest BCUT2D eigenvalue weighted by atomic mass is 9.82. The number of carboxylic acids is 2. The van der Waals surface area contributed by atoms with E-state index in [2.05, 4.69) is 0 Å². The molecule has 9 N–H and O–H groups in total. The molecule has 2 aromatic carbocycles. The Morgan fingerprint density at radius 3 is 1.94 bits per heavy atom. The summed E-state index contributed by atoms with van der Waals surface area (Å²) < 4.78 is 0. The number of aromatic hydroxyl groups is 3. The minimum atomic E-state index is -1.37. The third-order valence-electron chi connectivity index (χ3n) is 4.70. The van der Waals surface area contributed by atoms with E-state index in [-0.39, 0.29) is 27.8 Å². The van der Waals surface area contributed by atoms with Gasteiger partial charge in [0, 0.05) is 17.2 Å². The van der Waals surface area contributed by atoms with Crippen LogP contribution in [0.15, 0.2) is 24.3 Å². The van der Waals surface area contributed by atoms with Crippen molar-refractivity contribution in [1.29, 1.82) is 0 Å². The quantitative estimate of drug-likeness (QED) is 0.262. The summed E-state index contributed by atoms with van der Waals surface area (Å²) in [5.74, 6) is -5.57. The van der Waals surface area contributed by atoms with Gasteiger partial charge in [0.1, 0.15) is 23.3 Å². The predicted octanol–water partition coefficient (Wildman–Crippen LogP) is 0.804. The van der Waals surface area contributed by atoms with Gasteiger partial charge >= 0.3 is 11.9 Å². The Hall–Kier alpha value is -3.96. The van der Waals surface area contributed by atoms with Gasteiger partial charge in [-0.25, -0.2) is 4.79 Å². The molecule has 0 aliphatic heterocycles. The van der Waals surface area contributed by atoms with Crippen molar-refractivity contribution in [2.45, 2.75) is 25.3 Å². The van der Waals surface area contributed by atoms with Crippen molar-refractivity contribution < 1.29 is 44.7 Å². The van der Waals surface area contributed by atoms with Crippen molar-refractivity contribution in [2.75, 3.05) is 6.54 Å². The van der Waals surface area contributed by atoms with Crippen LogP contribution in [0.25, 0.3) is 0 Å². The number of rotatable bonds is 6. The van der Waals surface area contributed by atoms with Crippen LogP contribution in [0.4, 0.5) is 0 Å². The van der Waals surface area contributed by atoms with Gasteiger partial charge in [0.25, 0.3) is 0 Å². The zero-order valence-corrected chi connectivity index (χ0v) is 16.7. The molecule has 1 aliphatic rings. The molecule has 11 nitrogen and oxygen atoms in total. The fourth-order valence-corrected chi connectivity index (χ4v) is 3.10. The molecule has 0 radical (unpaired) electrons. The molecule has 32 heavy (non-hydrogen) atoms. The largest absolute Gasteiger partial charge is 0.508 e. The molecule has 170 valence electrons. The van der Waals surface area contributed by atoms with Gasteiger partial charge in [-0.05, 0) is 37.6 Å². The van der Waals surface area contributed by atoms with Crippen LogP contribution in [0, 0.1) is 0 Å². The standard InChI is InChI=1S/C15H8O7.C6H14N2O2/c16-6-3-8-12(10(18)4-6)14(20)11-7(13(8)19)1-5(15(21)22)2-9(11)17;7-4-2-1-3-5(8)6(9)10/h1-4,16-18H,(H,21,22);5H,1-4,7-8H2,(H,9,10)/t;5-/m.0/s1. The van der Waals surface area contributed by atoms with E-state index in [4.69, 9.17) is 21.7 Å². The Kier molecular flexibility index (Phi) is 7.52. The van der Waals surface area contributed by atoms with Gasteiger partial charge < -0.3 is 37.0 Å². The Morgan fingerprint density at radius 1 is 0.844 bits per heavy atom. The van der Waals surface area contributed by atoms with Gasteiger partial charge in [-0.1, -0.05) is 6.42 Å².